The molecule has 0 aliphatic carbocycles. The molecular formula is C24H25N3O3. The molecule has 2 aliphatic rings. The van der Waals surface area contributed by atoms with Crippen molar-refractivity contribution in [3.63, 3.8) is 0 Å². The first-order valence-electron chi connectivity index (χ1n) is 10.2. The molecule has 1 fully saturated rings. The zero-order valence-electron chi connectivity index (χ0n) is 17.2. The number of benzene rings is 2. The predicted molar refractivity (Wildman–Crippen MR) is 116 cm³/mol. The molecule has 2 aromatic carbocycles. The maximum Gasteiger partial charge on any atom is 0.250 e. The lowest BCUT2D eigenvalue weighted by Gasteiger charge is -2.40. The van der Waals surface area contributed by atoms with Crippen LogP contribution >= 0.6 is 0 Å². The number of para-hydroxylation sites is 1. The van der Waals surface area contributed by atoms with Crippen LogP contribution in [0.2, 0.25) is 0 Å². The fraction of sp³-hybridized carbons (Fsp3) is 0.292. The highest BCUT2D eigenvalue weighted by Crippen LogP contribution is 2.39. The number of fused-ring (bicyclic) bond motifs is 1. The second-order valence-corrected chi connectivity index (χ2v) is 8.11. The quantitative estimate of drug-likeness (QED) is 0.772. The molecule has 6 heteroatoms. The number of carbonyl (C=O) groups excluding carboxylic acids is 3. The largest absolute Gasteiger partial charge is 0.324 e. The van der Waals surface area contributed by atoms with Gasteiger partial charge >= 0.3 is 0 Å². The molecule has 0 bridgehead atoms. The van der Waals surface area contributed by atoms with Crippen molar-refractivity contribution in [3.05, 3.63) is 71.3 Å². The Kier molecular flexibility index (Phi) is 5.16. The summed E-state index contributed by atoms with van der Waals surface area (Å²) in [6, 6.07) is 13.4. The third kappa shape index (κ3) is 3.73. The standard InChI is InChI=1S/C24H25N3O3/c1-16-12-17(2)14-19(13-16)25-21(28)8-9-22(29)27-11-5-10-24(27)15-18-6-3-4-7-20(18)26-23(24)30/h3-4,6-9,12-14H,5,10-11,15H2,1-2H3,(H,25,28)(H,26,30). The molecule has 1 atom stereocenters. The van der Waals surface area contributed by atoms with Gasteiger partial charge in [0.05, 0.1) is 0 Å². The summed E-state index contributed by atoms with van der Waals surface area (Å²) in [5, 5.41) is 5.74. The maximum absolute atomic E-state index is 12.9. The van der Waals surface area contributed by atoms with E-state index in [1.807, 2.05) is 56.3 Å². The molecule has 2 aromatic rings. The first-order valence-corrected chi connectivity index (χ1v) is 10.2. The summed E-state index contributed by atoms with van der Waals surface area (Å²) in [7, 11) is 0. The Morgan fingerprint density at radius 3 is 2.60 bits per heavy atom. The minimum absolute atomic E-state index is 0.153. The highest BCUT2D eigenvalue weighted by atomic mass is 16.2. The summed E-state index contributed by atoms with van der Waals surface area (Å²) >= 11 is 0. The first kappa shape index (κ1) is 19.9. The number of hydrogen-bond donors (Lipinski definition) is 2. The molecule has 1 unspecified atom stereocenters. The molecule has 2 N–H and O–H groups in total. The van der Waals surface area contributed by atoms with Crippen molar-refractivity contribution in [2.75, 3.05) is 17.2 Å². The van der Waals surface area contributed by atoms with E-state index >= 15 is 0 Å². The Labute approximate surface area is 176 Å². The Morgan fingerprint density at radius 2 is 1.83 bits per heavy atom. The lowest BCUT2D eigenvalue weighted by Crippen LogP contribution is -2.58. The van der Waals surface area contributed by atoms with E-state index in [9.17, 15) is 14.4 Å². The van der Waals surface area contributed by atoms with Gasteiger partial charge in [-0.15, -0.1) is 0 Å². The molecular weight excluding hydrogens is 378 g/mol. The molecule has 4 rings (SSSR count). The SMILES string of the molecule is Cc1cc(C)cc(NC(=O)C=CC(=O)N2CCCC23Cc2ccccc2NC3=O)c1. The summed E-state index contributed by atoms with van der Waals surface area (Å²) in [6.07, 6.45) is 4.36. The van der Waals surface area contributed by atoms with Crippen molar-refractivity contribution >= 4 is 29.1 Å². The highest BCUT2D eigenvalue weighted by Gasteiger charge is 2.51. The van der Waals surface area contributed by atoms with Gasteiger partial charge in [-0.25, -0.2) is 0 Å². The topological polar surface area (TPSA) is 78.5 Å². The van der Waals surface area contributed by atoms with Gasteiger partial charge in [-0.3, -0.25) is 14.4 Å². The van der Waals surface area contributed by atoms with Gasteiger partial charge in [0.2, 0.25) is 11.8 Å². The third-order valence-corrected chi connectivity index (χ3v) is 5.79. The van der Waals surface area contributed by atoms with Crippen LogP contribution in [-0.2, 0) is 20.8 Å². The molecule has 6 nitrogen and oxygen atoms in total. The van der Waals surface area contributed by atoms with Crippen molar-refractivity contribution in [1.82, 2.24) is 4.90 Å². The molecule has 3 amide bonds. The van der Waals surface area contributed by atoms with Crippen LogP contribution < -0.4 is 10.6 Å². The molecule has 154 valence electrons. The minimum atomic E-state index is -0.889. The van der Waals surface area contributed by atoms with Crippen LogP contribution in [0.5, 0.6) is 0 Å². The van der Waals surface area contributed by atoms with Crippen molar-refractivity contribution in [2.24, 2.45) is 0 Å². The molecule has 1 spiro atoms. The number of rotatable bonds is 3. The van der Waals surface area contributed by atoms with Gasteiger partial charge < -0.3 is 15.5 Å². The van der Waals surface area contributed by atoms with E-state index < -0.39 is 5.54 Å². The van der Waals surface area contributed by atoms with E-state index in [1.165, 1.54) is 12.2 Å². The monoisotopic (exact) mass is 403 g/mol. The average molecular weight is 403 g/mol. The Bertz CT molecular complexity index is 1040. The van der Waals surface area contributed by atoms with E-state index in [2.05, 4.69) is 10.6 Å². The summed E-state index contributed by atoms with van der Waals surface area (Å²) in [6.45, 7) is 4.42. The van der Waals surface area contributed by atoms with Gasteiger partial charge in [0, 0.05) is 36.5 Å². The van der Waals surface area contributed by atoms with Crippen molar-refractivity contribution in [1.29, 1.82) is 0 Å². The van der Waals surface area contributed by atoms with Crippen LogP contribution in [0.4, 0.5) is 11.4 Å². The maximum atomic E-state index is 12.9. The fourth-order valence-corrected chi connectivity index (χ4v) is 4.52. The summed E-state index contributed by atoms with van der Waals surface area (Å²) in [4.78, 5) is 39.8. The molecule has 30 heavy (non-hydrogen) atoms. The number of anilines is 2. The molecule has 0 aromatic heterocycles. The van der Waals surface area contributed by atoms with Gasteiger partial charge in [-0.1, -0.05) is 24.3 Å². The van der Waals surface area contributed by atoms with E-state index in [0.717, 1.165) is 28.8 Å². The lowest BCUT2D eigenvalue weighted by atomic mass is 9.83. The normalized spacial score (nSPS) is 20.3. The van der Waals surface area contributed by atoms with Gasteiger partial charge in [0.25, 0.3) is 5.91 Å². The number of hydrogen-bond acceptors (Lipinski definition) is 3. The van der Waals surface area contributed by atoms with E-state index in [1.54, 1.807) is 4.90 Å². The number of nitrogens with one attached hydrogen (secondary N) is 2. The minimum Gasteiger partial charge on any atom is -0.324 e. The molecule has 0 radical (unpaired) electrons. The van der Waals surface area contributed by atoms with Crippen LogP contribution in [0.15, 0.2) is 54.6 Å². The number of amides is 3. The van der Waals surface area contributed by atoms with Crippen LogP contribution in [0.1, 0.15) is 29.5 Å². The summed E-state index contributed by atoms with van der Waals surface area (Å²) < 4.78 is 0. The van der Waals surface area contributed by atoms with Crippen LogP contribution in [0.3, 0.4) is 0 Å². The number of nitrogens with zero attached hydrogens (tertiary/aromatic N) is 1. The Hall–Kier alpha value is -3.41. The second-order valence-electron chi connectivity index (χ2n) is 8.11. The van der Waals surface area contributed by atoms with Gasteiger partial charge in [-0.05, 0) is 61.6 Å². The Morgan fingerprint density at radius 1 is 1.10 bits per heavy atom. The van der Waals surface area contributed by atoms with Crippen LogP contribution in [-0.4, -0.2) is 34.7 Å². The average Bonchev–Trinajstić information content (AvgIpc) is 3.10. The molecule has 1 saturated heterocycles. The number of likely N-dealkylation sites (tertiary alicyclic amines) is 1. The first-order chi connectivity index (χ1) is 14.4. The zero-order valence-corrected chi connectivity index (χ0v) is 17.2. The van der Waals surface area contributed by atoms with Crippen molar-refractivity contribution in [3.8, 4) is 0 Å². The Balaban J connectivity index is 1.49. The summed E-state index contributed by atoms with van der Waals surface area (Å²) in [5.41, 5.74) is 3.72. The van der Waals surface area contributed by atoms with Gasteiger partial charge in [0.15, 0.2) is 0 Å². The second kappa shape index (κ2) is 7.78. The predicted octanol–water partition coefficient (Wildman–Crippen LogP) is 3.35. The van der Waals surface area contributed by atoms with E-state index in [-0.39, 0.29) is 17.7 Å². The summed E-state index contributed by atoms with van der Waals surface area (Å²) in [5.74, 6) is -0.849. The highest BCUT2D eigenvalue weighted by molar-refractivity contribution is 6.07. The lowest BCUT2D eigenvalue weighted by molar-refractivity contribution is -0.139. The number of carbonyl (C=O) groups is 3. The van der Waals surface area contributed by atoms with E-state index in [4.69, 9.17) is 0 Å². The zero-order chi connectivity index (χ0) is 21.3. The van der Waals surface area contributed by atoms with Gasteiger partial charge in [0.1, 0.15) is 5.54 Å². The van der Waals surface area contributed by atoms with Crippen LogP contribution in [0, 0.1) is 13.8 Å². The van der Waals surface area contributed by atoms with Crippen LogP contribution in [0.25, 0.3) is 0 Å². The molecule has 0 saturated carbocycles. The fourth-order valence-electron chi connectivity index (χ4n) is 4.52. The van der Waals surface area contributed by atoms with Crippen molar-refractivity contribution < 1.29 is 14.4 Å². The molecule has 2 heterocycles. The smallest absolute Gasteiger partial charge is 0.250 e. The molecule has 2 aliphatic heterocycles. The van der Waals surface area contributed by atoms with E-state index in [0.29, 0.717) is 25.1 Å². The number of aryl methyl sites for hydroxylation is 2. The third-order valence-electron chi connectivity index (χ3n) is 5.79. The van der Waals surface area contributed by atoms with Crippen molar-refractivity contribution in [2.45, 2.75) is 38.6 Å². The van der Waals surface area contributed by atoms with Gasteiger partial charge in [-0.2, -0.15) is 0 Å².